The average Bonchev–Trinajstić information content (AvgIpc) is 2.70. The molecule has 1 aliphatic rings. The highest BCUT2D eigenvalue weighted by Crippen LogP contribution is 2.11. The normalized spacial score (nSPS) is 16.2. The molecule has 4 heteroatoms. The average molecular weight is 230 g/mol. The molecule has 2 aromatic rings. The van der Waals surface area contributed by atoms with E-state index >= 15 is 0 Å². The van der Waals surface area contributed by atoms with Crippen LogP contribution in [0.4, 0.5) is 0 Å². The molecule has 0 radical (unpaired) electrons. The van der Waals surface area contributed by atoms with Crippen molar-refractivity contribution in [2.75, 3.05) is 19.6 Å². The van der Waals surface area contributed by atoms with Crippen LogP contribution in [0, 0.1) is 0 Å². The summed E-state index contributed by atoms with van der Waals surface area (Å²) in [5, 5.41) is 6.80. The predicted molar refractivity (Wildman–Crippen MR) is 69.0 cm³/mol. The third kappa shape index (κ3) is 2.33. The molecule has 1 aromatic heterocycles. The number of rotatable bonds is 5. The molecule has 1 aliphatic heterocycles. The van der Waals surface area contributed by atoms with E-state index in [0.29, 0.717) is 6.04 Å². The van der Waals surface area contributed by atoms with Crippen molar-refractivity contribution in [1.82, 2.24) is 20.2 Å². The minimum Gasteiger partial charge on any atom is -0.331 e. The first kappa shape index (κ1) is 10.7. The van der Waals surface area contributed by atoms with Crippen LogP contribution in [0.15, 0.2) is 30.6 Å². The molecule has 90 valence electrons. The van der Waals surface area contributed by atoms with Gasteiger partial charge in [0, 0.05) is 25.7 Å². The molecule has 0 bridgehead atoms. The molecule has 3 rings (SSSR count). The first-order chi connectivity index (χ1) is 8.43. The van der Waals surface area contributed by atoms with E-state index in [1.807, 2.05) is 12.4 Å². The van der Waals surface area contributed by atoms with Crippen molar-refractivity contribution in [1.29, 1.82) is 0 Å². The topological polar surface area (TPSA) is 41.9 Å². The van der Waals surface area contributed by atoms with Crippen molar-refractivity contribution in [3.05, 3.63) is 30.6 Å². The van der Waals surface area contributed by atoms with Crippen LogP contribution in [-0.2, 0) is 6.54 Å². The lowest BCUT2D eigenvalue weighted by Gasteiger charge is -2.28. The predicted octanol–water partition coefficient (Wildman–Crippen LogP) is 0.988. The Balaban J connectivity index is 1.53. The minimum absolute atomic E-state index is 0.689. The van der Waals surface area contributed by atoms with Gasteiger partial charge in [-0.15, -0.1) is 0 Å². The number of fused-ring (bicyclic) bond motifs is 1. The summed E-state index contributed by atoms with van der Waals surface area (Å²) in [5.74, 6) is 0. The van der Waals surface area contributed by atoms with Crippen LogP contribution in [0.1, 0.15) is 6.42 Å². The van der Waals surface area contributed by atoms with Crippen molar-refractivity contribution in [2.45, 2.75) is 19.0 Å². The van der Waals surface area contributed by atoms with E-state index in [-0.39, 0.29) is 0 Å². The maximum absolute atomic E-state index is 4.39. The SMILES string of the molecule is c1ccc2c(c1)ncn2CCCNC1CNC1. The number of para-hydroxylation sites is 2. The molecule has 0 aliphatic carbocycles. The molecule has 2 N–H and O–H groups in total. The zero-order valence-electron chi connectivity index (χ0n) is 9.89. The van der Waals surface area contributed by atoms with Gasteiger partial charge in [0.05, 0.1) is 17.4 Å². The molecule has 0 unspecified atom stereocenters. The molecular formula is C13H18N4. The molecule has 1 fully saturated rings. The van der Waals surface area contributed by atoms with Gasteiger partial charge < -0.3 is 15.2 Å². The molecule has 0 saturated carbocycles. The number of aromatic nitrogens is 2. The van der Waals surface area contributed by atoms with E-state index < -0.39 is 0 Å². The zero-order chi connectivity index (χ0) is 11.5. The number of hydrogen-bond acceptors (Lipinski definition) is 3. The Morgan fingerprint density at radius 2 is 2.24 bits per heavy atom. The standard InChI is InChI=1S/C13H18N4/c1-2-5-13-12(4-1)16-10-17(13)7-3-6-15-11-8-14-9-11/h1-2,4-5,10-11,14-15H,3,6-9H2. The van der Waals surface area contributed by atoms with Crippen LogP contribution in [0.2, 0.25) is 0 Å². The summed E-state index contributed by atoms with van der Waals surface area (Å²) in [6.45, 7) is 4.36. The molecule has 1 aromatic carbocycles. The summed E-state index contributed by atoms with van der Waals surface area (Å²) in [6.07, 6.45) is 3.09. The van der Waals surface area contributed by atoms with Gasteiger partial charge in [0.25, 0.3) is 0 Å². The fourth-order valence-corrected chi connectivity index (χ4v) is 2.18. The van der Waals surface area contributed by atoms with Gasteiger partial charge in [-0.2, -0.15) is 0 Å². The third-order valence-electron chi connectivity index (χ3n) is 3.32. The number of hydrogen-bond donors (Lipinski definition) is 2. The van der Waals surface area contributed by atoms with Crippen molar-refractivity contribution < 1.29 is 0 Å². The Morgan fingerprint density at radius 3 is 3.06 bits per heavy atom. The fourth-order valence-electron chi connectivity index (χ4n) is 2.18. The fraction of sp³-hybridized carbons (Fsp3) is 0.462. The number of nitrogens with zero attached hydrogens (tertiary/aromatic N) is 2. The Morgan fingerprint density at radius 1 is 1.35 bits per heavy atom. The highest BCUT2D eigenvalue weighted by Gasteiger charge is 2.14. The van der Waals surface area contributed by atoms with Gasteiger partial charge in [0.2, 0.25) is 0 Å². The molecule has 4 nitrogen and oxygen atoms in total. The lowest BCUT2D eigenvalue weighted by Crippen LogP contribution is -2.55. The first-order valence-electron chi connectivity index (χ1n) is 6.27. The number of aryl methyl sites for hydroxylation is 1. The van der Waals surface area contributed by atoms with E-state index in [1.165, 1.54) is 5.52 Å². The van der Waals surface area contributed by atoms with Gasteiger partial charge in [-0.1, -0.05) is 12.1 Å². The molecule has 0 spiro atoms. The summed E-state index contributed by atoms with van der Waals surface area (Å²) < 4.78 is 2.23. The van der Waals surface area contributed by atoms with Crippen LogP contribution in [0.25, 0.3) is 11.0 Å². The van der Waals surface area contributed by atoms with Crippen molar-refractivity contribution >= 4 is 11.0 Å². The second kappa shape index (κ2) is 4.85. The second-order valence-electron chi connectivity index (χ2n) is 4.59. The summed E-state index contributed by atoms with van der Waals surface area (Å²) >= 11 is 0. The minimum atomic E-state index is 0.689. The summed E-state index contributed by atoms with van der Waals surface area (Å²) in [4.78, 5) is 4.39. The smallest absolute Gasteiger partial charge is 0.0958 e. The van der Waals surface area contributed by atoms with E-state index in [2.05, 4.69) is 38.4 Å². The van der Waals surface area contributed by atoms with E-state index in [9.17, 15) is 0 Å². The van der Waals surface area contributed by atoms with E-state index in [4.69, 9.17) is 0 Å². The van der Waals surface area contributed by atoms with Crippen molar-refractivity contribution in [3.63, 3.8) is 0 Å². The number of imidazole rings is 1. The monoisotopic (exact) mass is 230 g/mol. The summed E-state index contributed by atoms with van der Waals surface area (Å²) in [6, 6.07) is 8.98. The summed E-state index contributed by atoms with van der Waals surface area (Å²) in [7, 11) is 0. The van der Waals surface area contributed by atoms with Gasteiger partial charge in [0.1, 0.15) is 0 Å². The zero-order valence-corrected chi connectivity index (χ0v) is 9.89. The highest BCUT2D eigenvalue weighted by molar-refractivity contribution is 5.74. The van der Waals surface area contributed by atoms with E-state index in [1.54, 1.807) is 0 Å². The number of benzene rings is 1. The van der Waals surface area contributed by atoms with Gasteiger partial charge in [-0.25, -0.2) is 4.98 Å². The maximum atomic E-state index is 4.39. The van der Waals surface area contributed by atoms with Crippen LogP contribution in [-0.4, -0.2) is 35.2 Å². The van der Waals surface area contributed by atoms with Gasteiger partial charge in [-0.05, 0) is 25.1 Å². The molecule has 1 saturated heterocycles. The Kier molecular flexibility index (Phi) is 3.07. The summed E-state index contributed by atoms with van der Waals surface area (Å²) in [5.41, 5.74) is 2.32. The Labute approximate surface area is 101 Å². The molecular weight excluding hydrogens is 212 g/mol. The lowest BCUT2D eigenvalue weighted by molar-refractivity contribution is 0.362. The lowest BCUT2D eigenvalue weighted by atomic mass is 10.2. The van der Waals surface area contributed by atoms with Gasteiger partial charge in [0.15, 0.2) is 0 Å². The largest absolute Gasteiger partial charge is 0.331 e. The third-order valence-corrected chi connectivity index (χ3v) is 3.32. The van der Waals surface area contributed by atoms with Crippen LogP contribution >= 0.6 is 0 Å². The molecule has 0 amide bonds. The van der Waals surface area contributed by atoms with Crippen molar-refractivity contribution in [2.24, 2.45) is 0 Å². The van der Waals surface area contributed by atoms with Crippen LogP contribution in [0.3, 0.4) is 0 Å². The maximum Gasteiger partial charge on any atom is 0.0958 e. The second-order valence-corrected chi connectivity index (χ2v) is 4.59. The Hall–Kier alpha value is -1.39. The molecule has 2 heterocycles. The van der Waals surface area contributed by atoms with Crippen molar-refractivity contribution in [3.8, 4) is 0 Å². The van der Waals surface area contributed by atoms with Crippen LogP contribution < -0.4 is 10.6 Å². The quantitative estimate of drug-likeness (QED) is 0.753. The molecule has 0 atom stereocenters. The van der Waals surface area contributed by atoms with Gasteiger partial charge in [-0.3, -0.25) is 0 Å². The molecule has 17 heavy (non-hydrogen) atoms. The number of nitrogens with one attached hydrogen (secondary N) is 2. The van der Waals surface area contributed by atoms with E-state index in [0.717, 1.165) is 38.1 Å². The van der Waals surface area contributed by atoms with Gasteiger partial charge >= 0.3 is 0 Å². The first-order valence-corrected chi connectivity index (χ1v) is 6.27. The Bertz CT molecular complexity index is 487. The highest BCUT2D eigenvalue weighted by atomic mass is 15.1. The van der Waals surface area contributed by atoms with Crippen LogP contribution in [0.5, 0.6) is 0 Å².